The molecule has 0 radical (unpaired) electrons. The first-order valence-corrected chi connectivity index (χ1v) is 10.3. The van der Waals surface area contributed by atoms with Crippen LogP contribution in [0.25, 0.3) is 0 Å². The van der Waals surface area contributed by atoms with E-state index < -0.39 is 0 Å². The second-order valence-electron chi connectivity index (χ2n) is 7.81. The number of para-hydroxylation sites is 1. The molecule has 2 aromatic carbocycles. The molecule has 1 aromatic heterocycles. The minimum absolute atomic E-state index is 0. The highest BCUT2D eigenvalue weighted by Crippen LogP contribution is 2.33. The molecule has 5 heteroatoms. The van der Waals surface area contributed by atoms with Crippen LogP contribution >= 0.6 is 12.4 Å². The number of benzene rings is 2. The molecule has 0 bridgehead atoms. The number of aryl methyl sites for hydroxylation is 1. The Morgan fingerprint density at radius 3 is 2.38 bits per heavy atom. The van der Waals surface area contributed by atoms with E-state index in [4.69, 9.17) is 9.97 Å². The summed E-state index contributed by atoms with van der Waals surface area (Å²) in [5, 5.41) is 0. The van der Waals surface area contributed by atoms with Crippen LogP contribution in [-0.4, -0.2) is 23.6 Å². The number of aromatic nitrogens is 2. The first-order valence-electron chi connectivity index (χ1n) is 10.3. The Morgan fingerprint density at radius 2 is 1.55 bits per heavy atom. The van der Waals surface area contributed by atoms with Gasteiger partial charge in [-0.25, -0.2) is 4.98 Å². The van der Waals surface area contributed by atoms with Gasteiger partial charge in [0.25, 0.3) is 0 Å². The van der Waals surface area contributed by atoms with Crippen molar-refractivity contribution in [2.45, 2.75) is 38.6 Å². The topological polar surface area (TPSA) is 32.3 Å². The molecule has 0 unspecified atom stereocenters. The summed E-state index contributed by atoms with van der Waals surface area (Å²) in [6.07, 6.45) is 5.70. The average Bonchev–Trinajstić information content (AvgIpc) is 2.78. The Morgan fingerprint density at radius 1 is 0.828 bits per heavy atom. The van der Waals surface area contributed by atoms with E-state index in [2.05, 4.69) is 65.4 Å². The maximum atomic E-state index is 5.10. The summed E-state index contributed by atoms with van der Waals surface area (Å²) >= 11 is 0. The molecule has 0 spiro atoms. The lowest BCUT2D eigenvalue weighted by Gasteiger charge is -2.33. The van der Waals surface area contributed by atoms with E-state index in [0.717, 1.165) is 49.8 Å². The van der Waals surface area contributed by atoms with Crippen LogP contribution in [0.1, 0.15) is 35.2 Å². The van der Waals surface area contributed by atoms with E-state index in [1.807, 2.05) is 6.07 Å². The minimum atomic E-state index is 0. The Labute approximate surface area is 179 Å². The number of hydrogen-bond acceptors (Lipinski definition) is 4. The summed E-state index contributed by atoms with van der Waals surface area (Å²) in [4.78, 5) is 14.7. The van der Waals surface area contributed by atoms with Crippen molar-refractivity contribution in [3.8, 4) is 0 Å². The van der Waals surface area contributed by atoms with Crippen molar-refractivity contribution in [3.05, 3.63) is 77.0 Å². The molecule has 0 fully saturated rings. The zero-order valence-electron chi connectivity index (χ0n) is 16.8. The van der Waals surface area contributed by atoms with Crippen LogP contribution in [-0.2, 0) is 25.8 Å². The van der Waals surface area contributed by atoms with Crippen LogP contribution in [0.5, 0.6) is 0 Å². The second kappa shape index (κ2) is 8.42. The molecule has 0 atom stereocenters. The molecule has 29 heavy (non-hydrogen) atoms. The van der Waals surface area contributed by atoms with Crippen LogP contribution in [0.4, 0.5) is 17.5 Å². The fraction of sp³-hybridized carbons (Fsp3) is 0.333. The van der Waals surface area contributed by atoms with Crippen LogP contribution in [0.15, 0.2) is 54.6 Å². The molecular formula is C24H27ClN4. The highest BCUT2D eigenvalue weighted by atomic mass is 35.5. The molecule has 150 valence electrons. The van der Waals surface area contributed by atoms with E-state index in [9.17, 15) is 0 Å². The second-order valence-corrected chi connectivity index (χ2v) is 7.81. The Kier molecular flexibility index (Phi) is 5.72. The van der Waals surface area contributed by atoms with Crippen molar-refractivity contribution in [1.29, 1.82) is 0 Å². The van der Waals surface area contributed by atoms with E-state index in [1.165, 1.54) is 35.2 Å². The maximum absolute atomic E-state index is 5.10. The third kappa shape index (κ3) is 3.82. The van der Waals surface area contributed by atoms with Crippen LogP contribution in [0.2, 0.25) is 0 Å². The number of anilines is 3. The van der Waals surface area contributed by atoms with Gasteiger partial charge in [-0.2, -0.15) is 4.98 Å². The van der Waals surface area contributed by atoms with Crippen molar-refractivity contribution >= 4 is 29.9 Å². The molecule has 2 heterocycles. The van der Waals surface area contributed by atoms with E-state index in [-0.39, 0.29) is 12.4 Å². The number of fused-ring (bicyclic) bond motifs is 2. The first kappa shape index (κ1) is 19.7. The maximum Gasteiger partial charge on any atom is 0.231 e. The molecule has 3 aromatic rings. The Bertz CT molecular complexity index is 989. The largest absolute Gasteiger partial charge is 0.352 e. The average molecular weight is 407 g/mol. The van der Waals surface area contributed by atoms with Gasteiger partial charge in [-0.05, 0) is 55.4 Å². The molecule has 0 N–H and O–H groups in total. The van der Waals surface area contributed by atoms with Gasteiger partial charge < -0.3 is 9.80 Å². The van der Waals surface area contributed by atoms with Gasteiger partial charge in [-0.15, -0.1) is 12.4 Å². The third-order valence-corrected chi connectivity index (χ3v) is 6.02. The SMILES string of the molecule is CN(c1ccccc1)c1nc2c(c(N3CCc4ccccc4C3)n1)CCCC2.Cl. The molecule has 0 saturated heterocycles. The zero-order chi connectivity index (χ0) is 18.9. The van der Waals surface area contributed by atoms with Crippen LogP contribution in [0, 0.1) is 0 Å². The molecule has 2 aliphatic rings. The highest BCUT2D eigenvalue weighted by Gasteiger charge is 2.25. The predicted molar refractivity (Wildman–Crippen MR) is 122 cm³/mol. The molecule has 0 amide bonds. The smallest absolute Gasteiger partial charge is 0.231 e. The minimum Gasteiger partial charge on any atom is -0.352 e. The molecule has 1 aliphatic carbocycles. The number of hydrogen-bond donors (Lipinski definition) is 0. The molecule has 0 saturated carbocycles. The molecular weight excluding hydrogens is 380 g/mol. The lowest BCUT2D eigenvalue weighted by Crippen LogP contribution is -2.33. The Balaban J connectivity index is 0.00000205. The predicted octanol–water partition coefficient (Wildman–Crippen LogP) is 5.11. The van der Waals surface area contributed by atoms with Crippen molar-refractivity contribution in [2.75, 3.05) is 23.4 Å². The summed E-state index contributed by atoms with van der Waals surface area (Å²) in [6, 6.07) is 19.2. The lowest BCUT2D eigenvalue weighted by atomic mass is 9.94. The van der Waals surface area contributed by atoms with Gasteiger partial charge in [0.1, 0.15) is 5.82 Å². The van der Waals surface area contributed by atoms with E-state index >= 15 is 0 Å². The summed E-state index contributed by atoms with van der Waals surface area (Å²) in [5.41, 5.74) is 6.63. The van der Waals surface area contributed by atoms with Gasteiger partial charge in [-0.3, -0.25) is 0 Å². The van der Waals surface area contributed by atoms with Gasteiger partial charge in [0.15, 0.2) is 0 Å². The summed E-state index contributed by atoms with van der Waals surface area (Å²) < 4.78 is 0. The molecule has 5 rings (SSSR count). The van der Waals surface area contributed by atoms with Gasteiger partial charge >= 0.3 is 0 Å². The zero-order valence-corrected chi connectivity index (χ0v) is 17.7. The summed E-state index contributed by atoms with van der Waals surface area (Å²) in [6.45, 7) is 1.96. The normalized spacial score (nSPS) is 15.1. The molecule has 4 nitrogen and oxygen atoms in total. The van der Waals surface area contributed by atoms with Gasteiger partial charge in [0.05, 0.1) is 5.69 Å². The standard InChI is InChI=1S/C24H26N4.ClH/c1-27(20-11-3-2-4-12-20)24-25-22-14-8-7-13-21(22)23(26-24)28-16-15-18-9-5-6-10-19(18)17-28;/h2-6,9-12H,7-8,13-17H2,1H3;1H. The fourth-order valence-corrected chi connectivity index (χ4v) is 4.42. The van der Waals surface area contributed by atoms with Crippen LogP contribution in [0.3, 0.4) is 0 Å². The number of rotatable bonds is 3. The molecule has 1 aliphatic heterocycles. The summed E-state index contributed by atoms with van der Waals surface area (Å²) in [7, 11) is 2.06. The van der Waals surface area contributed by atoms with E-state index in [1.54, 1.807) is 0 Å². The van der Waals surface area contributed by atoms with Crippen molar-refractivity contribution in [1.82, 2.24) is 9.97 Å². The first-order chi connectivity index (χ1) is 13.8. The van der Waals surface area contributed by atoms with Crippen molar-refractivity contribution < 1.29 is 0 Å². The fourth-order valence-electron chi connectivity index (χ4n) is 4.42. The van der Waals surface area contributed by atoms with Crippen molar-refractivity contribution in [3.63, 3.8) is 0 Å². The number of nitrogens with zero attached hydrogens (tertiary/aromatic N) is 4. The van der Waals surface area contributed by atoms with Gasteiger partial charge in [0.2, 0.25) is 5.95 Å². The van der Waals surface area contributed by atoms with Gasteiger partial charge in [-0.1, -0.05) is 42.5 Å². The number of halogens is 1. The van der Waals surface area contributed by atoms with E-state index in [0.29, 0.717) is 0 Å². The van der Waals surface area contributed by atoms with Crippen molar-refractivity contribution in [2.24, 2.45) is 0 Å². The monoisotopic (exact) mass is 406 g/mol. The van der Waals surface area contributed by atoms with Crippen LogP contribution < -0.4 is 9.80 Å². The Hall–Kier alpha value is -2.59. The quantitative estimate of drug-likeness (QED) is 0.605. The lowest BCUT2D eigenvalue weighted by molar-refractivity contribution is 0.645. The third-order valence-electron chi connectivity index (χ3n) is 6.02. The summed E-state index contributed by atoms with van der Waals surface area (Å²) in [5.74, 6) is 1.96. The van der Waals surface area contributed by atoms with Gasteiger partial charge in [0, 0.05) is 31.4 Å². The highest BCUT2D eigenvalue weighted by molar-refractivity contribution is 5.85.